The first-order valence-corrected chi connectivity index (χ1v) is 12.3. The molecule has 4 aromatic rings. The number of nitrogens with zero attached hydrogens (tertiary/aromatic N) is 5. The van der Waals surface area contributed by atoms with E-state index in [-0.39, 0.29) is 28.2 Å². The Morgan fingerprint density at radius 3 is 2.61 bits per heavy atom. The number of fused-ring (bicyclic) bond motifs is 1. The maximum Gasteiger partial charge on any atom is 0.260 e. The molecule has 4 heterocycles. The van der Waals surface area contributed by atoms with E-state index < -0.39 is 23.3 Å². The van der Waals surface area contributed by atoms with E-state index in [0.29, 0.717) is 11.5 Å². The number of aryl methyl sites for hydroxylation is 1. The third-order valence-corrected chi connectivity index (χ3v) is 6.55. The first-order chi connectivity index (χ1) is 18.4. The molecule has 3 aromatic heterocycles. The quantitative estimate of drug-likeness (QED) is 0.334. The summed E-state index contributed by atoms with van der Waals surface area (Å²) in [5, 5.41) is 5.56. The van der Waals surface area contributed by atoms with Crippen molar-refractivity contribution in [1.29, 1.82) is 0 Å². The predicted octanol–water partition coefficient (Wildman–Crippen LogP) is 3.98. The largest absolute Gasteiger partial charge is 0.435 e. The number of aromatic nitrogens is 4. The van der Waals surface area contributed by atoms with Crippen LogP contribution in [-0.2, 0) is 0 Å². The summed E-state index contributed by atoms with van der Waals surface area (Å²) in [6.07, 6.45) is 2.92. The minimum Gasteiger partial charge on any atom is -0.435 e. The van der Waals surface area contributed by atoms with Gasteiger partial charge in [-0.15, -0.1) is 0 Å². The zero-order valence-corrected chi connectivity index (χ0v) is 21.3. The Kier molecular flexibility index (Phi) is 7.05. The summed E-state index contributed by atoms with van der Waals surface area (Å²) in [5.41, 5.74) is 1.54. The fraction of sp³-hybridized carbons (Fsp3) is 0.308. The van der Waals surface area contributed by atoms with Gasteiger partial charge < -0.3 is 30.2 Å². The van der Waals surface area contributed by atoms with Gasteiger partial charge in [-0.1, -0.05) is 6.92 Å². The molecule has 1 amide bonds. The van der Waals surface area contributed by atoms with Crippen LogP contribution in [0.2, 0.25) is 0 Å². The number of pyridine rings is 1. The van der Waals surface area contributed by atoms with Gasteiger partial charge in [0, 0.05) is 50.4 Å². The Labute approximate surface area is 218 Å². The average molecular weight is 523 g/mol. The van der Waals surface area contributed by atoms with Gasteiger partial charge in [0.15, 0.2) is 23.2 Å². The Balaban J connectivity index is 1.42. The Hall–Kier alpha value is -4.32. The van der Waals surface area contributed by atoms with Crippen molar-refractivity contribution in [1.82, 2.24) is 30.2 Å². The molecule has 0 aliphatic carbocycles. The van der Waals surface area contributed by atoms with E-state index in [1.807, 2.05) is 6.07 Å². The number of likely N-dealkylation sites (N-methyl/N-ethyl adjacent to an activating group) is 1. The molecule has 1 aliphatic heterocycles. The average Bonchev–Trinajstić information content (AvgIpc) is 3.34. The Morgan fingerprint density at radius 1 is 1.13 bits per heavy atom. The van der Waals surface area contributed by atoms with Crippen molar-refractivity contribution in [2.45, 2.75) is 13.8 Å². The molecule has 0 saturated carbocycles. The molecule has 12 heteroatoms. The van der Waals surface area contributed by atoms with Gasteiger partial charge in [0.25, 0.3) is 5.91 Å². The number of H-pyrrole nitrogens is 1. The number of benzene rings is 1. The molecule has 0 bridgehead atoms. The van der Waals surface area contributed by atoms with Crippen molar-refractivity contribution in [3.8, 4) is 11.6 Å². The standard InChI is InChI=1S/C26H28F2N8O2/c1-4-35-7-9-36(10-8-35)16-5-6-20(30-13-16)34-24-21(25(37)29-3)26(32-14-31-24)38-19-12-18(27)23-17(22(19)28)11-15(2)33-23/h5-6,11-14,33H,4,7-10H2,1-3H3,(H,29,37)(H,30,31,32,34). The van der Waals surface area contributed by atoms with Crippen molar-refractivity contribution in [2.75, 3.05) is 50.0 Å². The second kappa shape index (κ2) is 10.6. The summed E-state index contributed by atoms with van der Waals surface area (Å²) in [6, 6.07) is 6.12. The third kappa shape index (κ3) is 4.94. The molecule has 1 aliphatic rings. The van der Waals surface area contributed by atoms with E-state index in [4.69, 9.17) is 4.74 Å². The lowest BCUT2D eigenvalue weighted by molar-refractivity contribution is 0.0960. The number of aromatic amines is 1. The molecule has 1 aromatic carbocycles. The molecule has 1 fully saturated rings. The number of rotatable bonds is 7. The van der Waals surface area contributed by atoms with E-state index in [2.05, 4.69) is 47.3 Å². The topological polar surface area (TPSA) is 111 Å². The first-order valence-electron chi connectivity index (χ1n) is 12.3. The number of piperazine rings is 1. The van der Waals surface area contributed by atoms with Crippen LogP contribution in [0.5, 0.6) is 11.6 Å². The molecule has 0 unspecified atom stereocenters. The summed E-state index contributed by atoms with van der Waals surface area (Å²) in [4.78, 5) is 32.9. The molecule has 5 rings (SSSR count). The van der Waals surface area contributed by atoms with Crippen LogP contribution in [0, 0.1) is 18.6 Å². The smallest absolute Gasteiger partial charge is 0.260 e. The van der Waals surface area contributed by atoms with E-state index >= 15 is 4.39 Å². The number of anilines is 3. The number of halogens is 2. The molecule has 38 heavy (non-hydrogen) atoms. The predicted molar refractivity (Wildman–Crippen MR) is 140 cm³/mol. The maximum absolute atomic E-state index is 15.2. The Bertz CT molecular complexity index is 1470. The first kappa shape index (κ1) is 25.3. The Morgan fingerprint density at radius 2 is 1.92 bits per heavy atom. The molecule has 3 N–H and O–H groups in total. The summed E-state index contributed by atoms with van der Waals surface area (Å²) in [7, 11) is 1.43. The number of amides is 1. The highest BCUT2D eigenvalue weighted by Crippen LogP contribution is 2.34. The van der Waals surface area contributed by atoms with Crippen LogP contribution in [0.1, 0.15) is 23.0 Å². The van der Waals surface area contributed by atoms with Gasteiger partial charge >= 0.3 is 0 Å². The zero-order chi connectivity index (χ0) is 26.8. The molecular formula is C26H28F2N8O2. The van der Waals surface area contributed by atoms with Crippen molar-refractivity contribution in [3.05, 3.63) is 59.7 Å². The molecule has 0 atom stereocenters. The summed E-state index contributed by atoms with van der Waals surface area (Å²) < 4.78 is 35.4. The lowest BCUT2D eigenvalue weighted by Crippen LogP contribution is -2.46. The lowest BCUT2D eigenvalue weighted by Gasteiger charge is -2.35. The fourth-order valence-corrected chi connectivity index (χ4v) is 4.47. The van der Waals surface area contributed by atoms with E-state index in [9.17, 15) is 9.18 Å². The molecular weight excluding hydrogens is 494 g/mol. The molecule has 198 valence electrons. The maximum atomic E-state index is 15.2. The van der Waals surface area contributed by atoms with Crippen molar-refractivity contribution >= 4 is 34.1 Å². The summed E-state index contributed by atoms with van der Waals surface area (Å²) >= 11 is 0. The SMILES string of the molecule is CCN1CCN(c2ccc(Nc3ncnc(Oc4cc(F)c5[nH]c(C)cc5c4F)c3C(=O)NC)nc2)CC1. The summed E-state index contributed by atoms with van der Waals surface area (Å²) in [5.74, 6) is -2.15. The van der Waals surface area contributed by atoms with Crippen molar-refractivity contribution in [2.24, 2.45) is 0 Å². The summed E-state index contributed by atoms with van der Waals surface area (Å²) in [6.45, 7) is 8.72. The van der Waals surface area contributed by atoms with Gasteiger partial charge in [-0.3, -0.25) is 4.79 Å². The number of nitrogens with one attached hydrogen (secondary N) is 3. The number of ether oxygens (including phenoxy) is 1. The van der Waals surface area contributed by atoms with E-state index in [0.717, 1.165) is 44.5 Å². The van der Waals surface area contributed by atoms with Crippen LogP contribution < -0.4 is 20.3 Å². The number of carbonyl (C=O) groups is 1. The zero-order valence-electron chi connectivity index (χ0n) is 21.3. The van der Waals surface area contributed by atoms with E-state index in [1.54, 1.807) is 19.2 Å². The van der Waals surface area contributed by atoms with Gasteiger partial charge in [0.1, 0.15) is 17.7 Å². The highest BCUT2D eigenvalue weighted by Gasteiger charge is 2.24. The third-order valence-electron chi connectivity index (χ3n) is 6.55. The van der Waals surface area contributed by atoms with Gasteiger partial charge in [-0.05, 0) is 31.7 Å². The molecule has 0 spiro atoms. The van der Waals surface area contributed by atoms with Crippen LogP contribution in [0.25, 0.3) is 10.9 Å². The van der Waals surface area contributed by atoms with Gasteiger partial charge in [-0.25, -0.2) is 23.7 Å². The minimum absolute atomic E-state index is 0.0330. The second-order valence-electron chi connectivity index (χ2n) is 8.94. The van der Waals surface area contributed by atoms with Crippen molar-refractivity contribution < 1.29 is 18.3 Å². The van der Waals surface area contributed by atoms with Crippen molar-refractivity contribution in [3.63, 3.8) is 0 Å². The molecule has 0 radical (unpaired) electrons. The van der Waals surface area contributed by atoms with Crippen LogP contribution in [0.15, 0.2) is 36.8 Å². The van der Waals surface area contributed by atoms with Gasteiger partial charge in [0.2, 0.25) is 5.88 Å². The normalized spacial score (nSPS) is 14.1. The number of hydrogen-bond donors (Lipinski definition) is 3. The highest BCUT2D eigenvalue weighted by atomic mass is 19.1. The minimum atomic E-state index is -0.779. The van der Waals surface area contributed by atoms with Crippen LogP contribution in [0.4, 0.5) is 26.1 Å². The number of hydrogen-bond acceptors (Lipinski definition) is 8. The van der Waals surface area contributed by atoms with Gasteiger partial charge in [0.05, 0.1) is 17.4 Å². The van der Waals surface area contributed by atoms with Crippen LogP contribution in [0.3, 0.4) is 0 Å². The lowest BCUT2D eigenvalue weighted by atomic mass is 10.2. The fourth-order valence-electron chi connectivity index (χ4n) is 4.47. The van der Waals surface area contributed by atoms with Crippen LogP contribution in [-0.4, -0.2) is 70.5 Å². The second-order valence-corrected chi connectivity index (χ2v) is 8.94. The van der Waals surface area contributed by atoms with E-state index in [1.165, 1.54) is 19.4 Å². The van der Waals surface area contributed by atoms with Crippen LogP contribution >= 0.6 is 0 Å². The molecule has 10 nitrogen and oxygen atoms in total. The highest BCUT2D eigenvalue weighted by molar-refractivity contribution is 6.01. The number of carbonyl (C=O) groups excluding carboxylic acids is 1. The monoisotopic (exact) mass is 522 g/mol. The van der Waals surface area contributed by atoms with Gasteiger partial charge in [-0.2, -0.15) is 0 Å². The molecule has 1 saturated heterocycles.